The van der Waals surface area contributed by atoms with Gasteiger partial charge in [-0.3, -0.25) is 9.48 Å². The number of ether oxygens (including phenoxy) is 1. The predicted octanol–water partition coefficient (Wildman–Crippen LogP) is 3.55. The monoisotopic (exact) mass is 518 g/mol. The fraction of sp³-hybridized carbons (Fsp3) is 0.407. The highest BCUT2D eigenvalue weighted by molar-refractivity contribution is 6.35. The van der Waals surface area contributed by atoms with Crippen molar-refractivity contribution in [3.63, 3.8) is 0 Å². The summed E-state index contributed by atoms with van der Waals surface area (Å²) >= 11 is 0. The van der Waals surface area contributed by atoms with E-state index >= 15 is 0 Å². The Hall–Kier alpha value is -4.12. The first kappa shape index (κ1) is 26.9. The molecule has 1 aliphatic rings. The van der Waals surface area contributed by atoms with E-state index in [0.29, 0.717) is 31.8 Å². The van der Waals surface area contributed by atoms with Gasteiger partial charge in [-0.2, -0.15) is 10.2 Å². The van der Waals surface area contributed by atoms with Crippen LogP contribution in [-0.4, -0.2) is 56.1 Å². The molecule has 0 spiro atoms. The van der Waals surface area contributed by atoms with E-state index in [-0.39, 0.29) is 17.4 Å². The Bertz CT molecular complexity index is 1330. The maximum atomic E-state index is 13.1. The maximum Gasteiger partial charge on any atom is 0.308 e. The smallest absolute Gasteiger partial charge is 0.308 e. The molecule has 1 aliphatic carbocycles. The van der Waals surface area contributed by atoms with Gasteiger partial charge in [0.1, 0.15) is 0 Å². The van der Waals surface area contributed by atoms with Crippen LogP contribution in [-0.2, 0) is 23.0 Å². The van der Waals surface area contributed by atoms with Gasteiger partial charge in [0, 0.05) is 31.7 Å². The number of carbonyl (C=O) groups is 1. The summed E-state index contributed by atoms with van der Waals surface area (Å²) in [5.41, 5.74) is 4.11. The van der Waals surface area contributed by atoms with Crippen LogP contribution in [0.15, 0.2) is 53.1 Å². The summed E-state index contributed by atoms with van der Waals surface area (Å²) in [6, 6.07) is 7.45. The van der Waals surface area contributed by atoms with Crippen molar-refractivity contribution >= 4 is 30.2 Å². The molecule has 11 nitrogen and oxygen atoms in total. The number of carbonyl (C=O) groups excluding carboxylic acids is 1. The molecular weight excluding hydrogens is 484 g/mol. The summed E-state index contributed by atoms with van der Waals surface area (Å²) in [4.78, 5) is 22.0. The molecule has 1 amide bonds. The molecule has 2 atom stereocenters. The summed E-state index contributed by atoms with van der Waals surface area (Å²) in [6.45, 7) is 9.65. The Kier molecular flexibility index (Phi) is 8.16. The Morgan fingerprint density at radius 2 is 2.11 bits per heavy atom. The minimum atomic E-state index is -0.528. The number of amides is 1. The molecule has 0 radical (unpaired) electrons. The predicted molar refractivity (Wildman–Crippen MR) is 146 cm³/mol. The molecule has 0 bridgehead atoms. The van der Waals surface area contributed by atoms with Crippen molar-refractivity contribution in [1.82, 2.24) is 25.1 Å². The molecule has 200 valence electrons. The number of hydrogen-bond donors (Lipinski definition) is 3. The van der Waals surface area contributed by atoms with E-state index in [4.69, 9.17) is 4.74 Å². The standard InChI is InChI=1S/C27H34N8O3/c1-27(2,3)16-38-25(34-28-4)24(37)32-23-9-7-20(36)13-18-12-17(6-8-21(18)23)22-10-11-29-26(33-22)31-19-14-30-35(5)15-19/h6,8,10-12,14-15,20,23,36H,4,7,9,13,16H2,1-3,5H3,(H,32,37)(H,29,31,33)/b34-25-. The van der Waals surface area contributed by atoms with E-state index in [9.17, 15) is 9.90 Å². The fourth-order valence-electron chi connectivity index (χ4n) is 4.21. The number of aliphatic hydroxyl groups is 1. The first-order valence-electron chi connectivity index (χ1n) is 12.5. The molecular formula is C27H34N8O3. The zero-order valence-corrected chi connectivity index (χ0v) is 22.2. The number of nitrogens with zero attached hydrogens (tertiary/aromatic N) is 6. The van der Waals surface area contributed by atoms with E-state index in [1.165, 1.54) is 0 Å². The third-order valence-electron chi connectivity index (χ3n) is 5.98. The van der Waals surface area contributed by atoms with Gasteiger partial charge in [0.05, 0.1) is 36.3 Å². The van der Waals surface area contributed by atoms with Crippen LogP contribution < -0.4 is 10.6 Å². The molecule has 0 saturated carbocycles. The second-order valence-electron chi connectivity index (χ2n) is 10.6. The third-order valence-corrected chi connectivity index (χ3v) is 5.98. The van der Waals surface area contributed by atoms with Crippen LogP contribution in [0.4, 0.5) is 11.6 Å². The van der Waals surface area contributed by atoms with Gasteiger partial charge in [-0.25, -0.2) is 9.97 Å². The fourth-order valence-corrected chi connectivity index (χ4v) is 4.21. The van der Waals surface area contributed by atoms with Gasteiger partial charge in [-0.1, -0.05) is 32.9 Å². The van der Waals surface area contributed by atoms with Gasteiger partial charge >= 0.3 is 5.91 Å². The van der Waals surface area contributed by atoms with Crippen LogP contribution in [0.25, 0.3) is 11.3 Å². The highest BCUT2D eigenvalue weighted by atomic mass is 16.5. The normalized spacial score (nSPS) is 17.8. The zero-order chi connectivity index (χ0) is 27.3. The van der Waals surface area contributed by atoms with E-state index in [1.54, 1.807) is 17.1 Å². The molecule has 11 heteroatoms. The number of rotatable bonds is 6. The summed E-state index contributed by atoms with van der Waals surface area (Å²) in [7, 11) is 1.84. The summed E-state index contributed by atoms with van der Waals surface area (Å²) in [6.07, 6.45) is 6.27. The minimum Gasteiger partial charge on any atom is -0.472 e. The lowest BCUT2D eigenvalue weighted by Crippen LogP contribution is -2.37. The van der Waals surface area contributed by atoms with Gasteiger partial charge in [0.25, 0.3) is 5.90 Å². The van der Waals surface area contributed by atoms with Gasteiger partial charge < -0.3 is 20.5 Å². The topological polar surface area (TPSA) is 139 Å². The molecule has 2 heterocycles. The highest BCUT2D eigenvalue weighted by Crippen LogP contribution is 2.32. The van der Waals surface area contributed by atoms with E-state index in [1.807, 2.05) is 58.3 Å². The number of benzene rings is 1. The van der Waals surface area contributed by atoms with Gasteiger partial charge in [0.15, 0.2) is 0 Å². The zero-order valence-electron chi connectivity index (χ0n) is 22.2. The number of aryl methyl sites for hydroxylation is 1. The Balaban J connectivity index is 1.56. The molecule has 3 N–H and O–H groups in total. The van der Waals surface area contributed by atoms with E-state index < -0.39 is 12.0 Å². The Morgan fingerprint density at radius 3 is 2.82 bits per heavy atom. The van der Waals surface area contributed by atoms with Crippen molar-refractivity contribution < 1.29 is 14.6 Å². The number of fused-ring (bicyclic) bond motifs is 1. The molecule has 1 aromatic carbocycles. The minimum absolute atomic E-state index is 0.132. The van der Waals surface area contributed by atoms with E-state index in [0.717, 1.165) is 28.1 Å². The summed E-state index contributed by atoms with van der Waals surface area (Å²) in [5.74, 6) is -0.152. The van der Waals surface area contributed by atoms with Crippen LogP contribution in [0.5, 0.6) is 0 Å². The van der Waals surface area contributed by atoms with Crippen molar-refractivity contribution in [1.29, 1.82) is 0 Å². The molecule has 0 saturated heterocycles. The van der Waals surface area contributed by atoms with Crippen molar-refractivity contribution in [2.75, 3.05) is 11.9 Å². The maximum absolute atomic E-state index is 13.1. The number of hydrogen-bond acceptors (Lipinski definition) is 9. The number of aliphatic hydroxyl groups excluding tert-OH is 1. The average molecular weight is 519 g/mol. The van der Waals surface area contributed by atoms with E-state index in [2.05, 4.69) is 42.6 Å². The van der Waals surface area contributed by atoms with Gasteiger partial charge in [-0.05, 0) is 47.9 Å². The van der Waals surface area contributed by atoms with Gasteiger partial charge in [-0.15, -0.1) is 5.10 Å². The van der Waals surface area contributed by atoms with Crippen LogP contribution >= 0.6 is 0 Å². The third kappa shape index (κ3) is 7.00. The lowest BCUT2D eigenvalue weighted by Gasteiger charge is -2.22. The van der Waals surface area contributed by atoms with Crippen LogP contribution in [0.1, 0.15) is 50.8 Å². The lowest BCUT2D eigenvalue weighted by atomic mass is 9.95. The number of aromatic nitrogens is 4. The summed E-state index contributed by atoms with van der Waals surface area (Å²) < 4.78 is 7.35. The molecule has 38 heavy (non-hydrogen) atoms. The summed E-state index contributed by atoms with van der Waals surface area (Å²) in [5, 5.41) is 28.2. The first-order chi connectivity index (χ1) is 18.1. The van der Waals surface area contributed by atoms with Crippen LogP contribution in [0.2, 0.25) is 0 Å². The molecule has 2 unspecified atom stereocenters. The van der Waals surface area contributed by atoms with Gasteiger partial charge in [0.2, 0.25) is 5.95 Å². The van der Waals surface area contributed by atoms with Crippen molar-refractivity contribution in [3.05, 3.63) is 54.0 Å². The van der Waals surface area contributed by atoms with Crippen LogP contribution in [0.3, 0.4) is 0 Å². The SMILES string of the molecule is C=N/N=C(\OCC(C)(C)C)C(=O)NC1CCC(O)Cc2cc(-c3ccnc(Nc4cnn(C)c4)n3)ccc21. The molecule has 0 aliphatic heterocycles. The largest absolute Gasteiger partial charge is 0.472 e. The van der Waals surface area contributed by atoms with Crippen molar-refractivity contribution in [2.24, 2.45) is 22.7 Å². The van der Waals surface area contributed by atoms with Crippen molar-refractivity contribution in [3.8, 4) is 11.3 Å². The highest BCUT2D eigenvalue weighted by Gasteiger charge is 2.27. The quantitative estimate of drug-likeness (QED) is 0.196. The second-order valence-corrected chi connectivity index (χ2v) is 10.6. The number of nitrogens with one attached hydrogen (secondary N) is 2. The first-order valence-corrected chi connectivity index (χ1v) is 12.5. The lowest BCUT2D eigenvalue weighted by molar-refractivity contribution is -0.117. The van der Waals surface area contributed by atoms with Crippen LogP contribution in [0, 0.1) is 5.41 Å². The Morgan fingerprint density at radius 1 is 1.29 bits per heavy atom. The number of anilines is 2. The molecule has 3 aromatic rings. The van der Waals surface area contributed by atoms with Crippen molar-refractivity contribution in [2.45, 2.75) is 52.2 Å². The average Bonchev–Trinajstić information content (AvgIpc) is 3.20. The molecule has 4 rings (SSSR count). The molecule has 2 aromatic heterocycles. The second kappa shape index (κ2) is 11.5. The molecule has 0 fully saturated rings. The Labute approximate surface area is 222 Å².